The number of ketones is 1. The van der Waals surface area contributed by atoms with Crippen molar-refractivity contribution >= 4 is 23.1 Å². The maximum atomic E-state index is 13.2. The van der Waals surface area contributed by atoms with Crippen LogP contribution in [0.3, 0.4) is 0 Å². The molecule has 6 nitrogen and oxygen atoms in total. The molecule has 0 aliphatic carbocycles. The summed E-state index contributed by atoms with van der Waals surface area (Å²) in [7, 11) is 0. The van der Waals surface area contributed by atoms with E-state index in [1.165, 1.54) is 11.2 Å². The van der Waals surface area contributed by atoms with Crippen LogP contribution in [0, 0.1) is 6.92 Å². The number of furan rings is 1. The minimum absolute atomic E-state index is 0.00508. The van der Waals surface area contributed by atoms with E-state index in [1.807, 2.05) is 38.1 Å². The van der Waals surface area contributed by atoms with E-state index in [0.29, 0.717) is 35.3 Å². The molecular weight excluding hydrogens is 430 g/mol. The number of nitrogens with zero attached hydrogens (tertiary/aromatic N) is 1. The topological polar surface area (TPSA) is 80.0 Å². The summed E-state index contributed by atoms with van der Waals surface area (Å²) in [4.78, 5) is 27.8. The van der Waals surface area contributed by atoms with Crippen molar-refractivity contribution in [3.63, 3.8) is 0 Å². The van der Waals surface area contributed by atoms with Crippen LogP contribution < -0.4 is 9.64 Å². The maximum absolute atomic E-state index is 13.2. The molecular formula is C28H29NO5. The first kappa shape index (κ1) is 23.4. The first-order chi connectivity index (χ1) is 16.3. The summed E-state index contributed by atoms with van der Waals surface area (Å²) in [5.74, 6) is -0.264. The number of amides is 1. The fourth-order valence-corrected chi connectivity index (χ4v) is 4.16. The fourth-order valence-electron chi connectivity index (χ4n) is 4.16. The minimum Gasteiger partial charge on any atom is -0.507 e. The highest BCUT2D eigenvalue weighted by molar-refractivity contribution is 6.51. The average molecular weight is 460 g/mol. The van der Waals surface area contributed by atoms with Gasteiger partial charge in [-0.3, -0.25) is 14.5 Å². The molecule has 2 heterocycles. The van der Waals surface area contributed by atoms with Gasteiger partial charge in [-0.05, 0) is 72.9 Å². The fraction of sp³-hybridized carbons (Fsp3) is 0.286. The lowest BCUT2D eigenvalue weighted by atomic mass is 9.98. The Labute approximate surface area is 199 Å². The summed E-state index contributed by atoms with van der Waals surface area (Å²) < 4.78 is 11.3. The first-order valence-corrected chi connectivity index (χ1v) is 11.5. The van der Waals surface area contributed by atoms with Gasteiger partial charge in [0.1, 0.15) is 23.3 Å². The number of aryl methyl sites for hydroxylation is 1. The van der Waals surface area contributed by atoms with Crippen molar-refractivity contribution in [2.24, 2.45) is 0 Å². The van der Waals surface area contributed by atoms with Crippen LogP contribution in [0.4, 0.5) is 5.69 Å². The third-order valence-corrected chi connectivity index (χ3v) is 6.01. The Kier molecular flexibility index (Phi) is 6.59. The molecule has 34 heavy (non-hydrogen) atoms. The van der Waals surface area contributed by atoms with Gasteiger partial charge in [0.15, 0.2) is 0 Å². The minimum atomic E-state index is -0.878. The van der Waals surface area contributed by atoms with Crippen LogP contribution in [0.5, 0.6) is 5.75 Å². The number of aliphatic hydroxyl groups is 1. The van der Waals surface area contributed by atoms with E-state index in [2.05, 4.69) is 13.8 Å². The van der Waals surface area contributed by atoms with Crippen molar-refractivity contribution in [1.29, 1.82) is 0 Å². The highest BCUT2D eigenvalue weighted by Gasteiger charge is 2.48. The third kappa shape index (κ3) is 4.23. The number of carbonyl (C=O) groups excluding carboxylic acids is 2. The maximum Gasteiger partial charge on any atom is 0.300 e. The second-order valence-corrected chi connectivity index (χ2v) is 8.76. The van der Waals surface area contributed by atoms with Crippen LogP contribution in [-0.2, 0) is 9.59 Å². The summed E-state index contributed by atoms with van der Waals surface area (Å²) >= 11 is 0. The highest BCUT2D eigenvalue weighted by atomic mass is 16.5. The van der Waals surface area contributed by atoms with Gasteiger partial charge in [-0.2, -0.15) is 0 Å². The monoisotopic (exact) mass is 459 g/mol. The van der Waals surface area contributed by atoms with E-state index in [0.717, 1.165) is 17.5 Å². The molecule has 6 heteroatoms. The molecule has 0 radical (unpaired) electrons. The van der Waals surface area contributed by atoms with E-state index in [9.17, 15) is 14.7 Å². The summed E-state index contributed by atoms with van der Waals surface area (Å²) in [6.45, 7) is 8.67. The molecule has 1 N–H and O–H groups in total. The number of hydrogen-bond acceptors (Lipinski definition) is 5. The zero-order valence-corrected chi connectivity index (χ0v) is 19.9. The van der Waals surface area contributed by atoms with Crippen LogP contribution in [0.25, 0.3) is 5.76 Å². The predicted octanol–water partition coefficient (Wildman–Crippen LogP) is 6.13. The lowest BCUT2D eigenvalue weighted by Crippen LogP contribution is -2.29. The second-order valence-electron chi connectivity index (χ2n) is 8.76. The van der Waals surface area contributed by atoms with Crippen LogP contribution >= 0.6 is 0 Å². The van der Waals surface area contributed by atoms with Gasteiger partial charge in [-0.1, -0.05) is 32.9 Å². The molecule has 1 fully saturated rings. The van der Waals surface area contributed by atoms with Gasteiger partial charge in [0.2, 0.25) is 0 Å². The molecule has 1 atom stereocenters. The zero-order chi connectivity index (χ0) is 24.4. The normalized spacial score (nSPS) is 17.6. The molecule has 2 aromatic carbocycles. The number of ether oxygens (including phenoxy) is 1. The lowest BCUT2D eigenvalue weighted by Gasteiger charge is -2.24. The summed E-state index contributed by atoms with van der Waals surface area (Å²) in [5, 5.41) is 11.2. The van der Waals surface area contributed by atoms with Crippen LogP contribution in [0.2, 0.25) is 0 Å². The van der Waals surface area contributed by atoms with Gasteiger partial charge in [-0.25, -0.2) is 0 Å². The van der Waals surface area contributed by atoms with Crippen molar-refractivity contribution in [3.05, 3.63) is 88.9 Å². The Balaban J connectivity index is 1.81. The summed E-state index contributed by atoms with van der Waals surface area (Å²) in [5.41, 5.74) is 2.94. The van der Waals surface area contributed by atoms with Gasteiger partial charge >= 0.3 is 0 Å². The van der Waals surface area contributed by atoms with Crippen molar-refractivity contribution in [2.45, 2.75) is 46.1 Å². The van der Waals surface area contributed by atoms with Crippen molar-refractivity contribution in [2.75, 3.05) is 11.5 Å². The molecule has 0 saturated carbocycles. The van der Waals surface area contributed by atoms with Crippen LogP contribution in [-0.4, -0.2) is 23.4 Å². The van der Waals surface area contributed by atoms with Crippen LogP contribution in [0.1, 0.15) is 61.6 Å². The van der Waals surface area contributed by atoms with Gasteiger partial charge in [0, 0.05) is 11.3 Å². The molecule has 176 valence electrons. The van der Waals surface area contributed by atoms with E-state index in [4.69, 9.17) is 9.15 Å². The Morgan fingerprint density at radius 2 is 1.85 bits per heavy atom. The van der Waals surface area contributed by atoms with Gasteiger partial charge in [-0.15, -0.1) is 0 Å². The standard InChI is InChI=1S/C28H29NO5/c1-5-14-33-22-13-10-20(16-18(22)4)26(30)24-25(23-7-6-15-34-23)29(28(32)27(24)31)21-11-8-19(9-12-21)17(2)3/h6-13,15-17,25,30H,5,14H2,1-4H3/b26-24-. The highest BCUT2D eigenvalue weighted by Crippen LogP contribution is 2.42. The van der Waals surface area contributed by atoms with Crippen LogP contribution in [0.15, 0.2) is 70.9 Å². The molecule has 1 aliphatic rings. The SMILES string of the molecule is CCCOc1ccc(/C(O)=C2/C(=O)C(=O)N(c3ccc(C(C)C)cc3)C2c2ccco2)cc1C. The molecule has 1 amide bonds. The van der Waals surface area contributed by atoms with Gasteiger partial charge in [0.05, 0.1) is 18.4 Å². The Bertz CT molecular complexity index is 1220. The number of rotatable bonds is 7. The predicted molar refractivity (Wildman–Crippen MR) is 131 cm³/mol. The van der Waals surface area contributed by atoms with E-state index < -0.39 is 17.7 Å². The number of hydrogen-bond donors (Lipinski definition) is 1. The zero-order valence-electron chi connectivity index (χ0n) is 19.9. The quantitative estimate of drug-likeness (QED) is 0.261. The first-order valence-electron chi connectivity index (χ1n) is 11.5. The summed E-state index contributed by atoms with van der Waals surface area (Å²) in [6.07, 6.45) is 2.37. The third-order valence-electron chi connectivity index (χ3n) is 6.01. The molecule has 1 aromatic heterocycles. The molecule has 1 saturated heterocycles. The molecule has 4 rings (SSSR count). The van der Waals surface area contributed by atoms with Gasteiger partial charge < -0.3 is 14.3 Å². The van der Waals surface area contributed by atoms with E-state index >= 15 is 0 Å². The molecule has 1 aliphatic heterocycles. The second kappa shape index (κ2) is 9.59. The number of benzene rings is 2. The number of Topliss-reactive ketones (excluding diaryl/α,β-unsaturated/α-hetero) is 1. The van der Waals surface area contributed by atoms with E-state index in [-0.39, 0.29) is 11.3 Å². The van der Waals surface area contributed by atoms with Crippen molar-refractivity contribution in [1.82, 2.24) is 0 Å². The summed E-state index contributed by atoms with van der Waals surface area (Å²) in [6, 6.07) is 15.3. The molecule has 0 spiro atoms. The van der Waals surface area contributed by atoms with E-state index in [1.54, 1.807) is 30.3 Å². The number of aliphatic hydroxyl groups excluding tert-OH is 1. The van der Waals surface area contributed by atoms with Crippen molar-refractivity contribution < 1.29 is 23.8 Å². The Morgan fingerprint density at radius 3 is 2.44 bits per heavy atom. The molecule has 1 unspecified atom stereocenters. The van der Waals surface area contributed by atoms with Gasteiger partial charge in [0.25, 0.3) is 11.7 Å². The number of carbonyl (C=O) groups is 2. The van der Waals surface area contributed by atoms with Crippen molar-refractivity contribution in [3.8, 4) is 5.75 Å². The Morgan fingerprint density at radius 1 is 1.12 bits per heavy atom. The smallest absolute Gasteiger partial charge is 0.300 e. The lowest BCUT2D eigenvalue weighted by molar-refractivity contribution is -0.132. The Hall–Kier alpha value is -3.80. The largest absolute Gasteiger partial charge is 0.507 e. The molecule has 3 aromatic rings. The molecule has 0 bridgehead atoms. The number of anilines is 1. The average Bonchev–Trinajstić information content (AvgIpc) is 3.45.